The summed E-state index contributed by atoms with van der Waals surface area (Å²) in [5.74, 6) is 2.02. The second kappa shape index (κ2) is 10.1. The van der Waals surface area contributed by atoms with Crippen LogP contribution in [0.25, 0.3) is 11.0 Å². The van der Waals surface area contributed by atoms with Crippen molar-refractivity contribution in [2.45, 2.75) is 45.1 Å². The summed E-state index contributed by atoms with van der Waals surface area (Å²) in [6, 6.07) is 15.9. The third-order valence-electron chi connectivity index (χ3n) is 5.70. The first-order valence-corrected chi connectivity index (χ1v) is 11.2. The molecule has 1 saturated heterocycles. The highest BCUT2D eigenvalue weighted by molar-refractivity contribution is 6.30. The summed E-state index contributed by atoms with van der Waals surface area (Å²) >= 11 is 5.96. The number of halogens is 1. The van der Waals surface area contributed by atoms with Crippen LogP contribution in [0.15, 0.2) is 48.5 Å². The van der Waals surface area contributed by atoms with Crippen LogP contribution < -0.4 is 4.74 Å². The monoisotopic (exact) mass is 411 g/mol. The summed E-state index contributed by atoms with van der Waals surface area (Å²) in [7, 11) is 0. The number of likely N-dealkylation sites (tertiary alicyclic amines) is 1. The third-order valence-corrected chi connectivity index (χ3v) is 5.96. The molecule has 0 aliphatic carbocycles. The molecule has 1 aliphatic rings. The van der Waals surface area contributed by atoms with Gasteiger partial charge in [-0.3, -0.25) is 0 Å². The van der Waals surface area contributed by atoms with E-state index in [9.17, 15) is 0 Å². The number of aromatic nitrogens is 2. The van der Waals surface area contributed by atoms with Gasteiger partial charge in [-0.25, -0.2) is 4.98 Å². The zero-order chi connectivity index (χ0) is 19.9. The fourth-order valence-electron chi connectivity index (χ4n) is 4.17. The molecule has 3 aromatic rings. The lowest BCUT2D eigenvalue weighted by molar-refractivity contribution is 0.278. The Hall–Kier alpha value is -2.04. The molecular formula is C24H30ClN3O. The second-order valence-corrected chi connectivity index (χ2v) is 8.27. The molecule has 1 aromatic heterocycles. The topological polar surface area (TPSA) is 30.3 Å². The highest BCUT2D eigenvalue weighted by atomic mass is 35.5. The fourth-order valence-corrected chi connectivity index (χ4v) is 4.30. The van der Waals surface area contributed by atoms with Crippen molar-refractivity contribution in [1.29, 1.82) is 0 Å². The Morgan fingerprint density at radius 1 is 0.897 bits per heavy atom. The maximum absolute atomic E-state index is 5.96. The van der Waals surface area contributed by atoms with E-state index >= 15 is 0 Å². The average molecular weight is 412 g/mol. The number of nitrogens with zero attached hydrogens (tertiary/aromatic N) is 3. The van der Waals surface area contributed by atoms with Crippen molar-refractivity contribution in [2.75, 3.05) is 26.2 Å². The first-order chi connectivity index (χ1) is 14.3. The minimum atomic E-state index is 0.612. The summed E-state index contributed by atoms with van der Waals surface area (Å²) in [4.78, 5) is 7.55. The highest BCUT2D eigenvalue weighted by Gasteiger charge is 2.12. The molecule has 0 unspecified atom stereocenters. The number of imidazole rings is 1. The third kappa shape index (κ3) is 5.52. The van der Waals surface area contributed by atoms with Crippen molar-refractivity contribution in [2.24, 2.45) is 0 Å². The lowest BCUT2D eigenvalue weighted by atomic mass is 10.2. The van der Waals surface area contributed by atoms with E-state index in [0.29, 0.717) is 6.61 Å². The van der Waals surface area contributed by atoms with E-state index in [2.05, 4.69) is 33.7 Å². The van der Waals surface area contributed by atoms with Gasteiger partial charge in [-0.1, -0.05) is 36.6 Å². The van der Waals surface area contributed by atoms with Gasteiger partial charge in [0.2, 0.25) is 0 Å². The largest absolute Gasteiger partial charge is 0.492 e. The van der Waals surface area contributed by atoms with E-state index in [4.69, 9.17) is 21.3 Å². The lowest BCUT2D eigenvalue weighted by Gasteiger charge is -2.19. The van der Waals surface area contributed by atoms with E-state index in [-0.39, 0.29) is 0 Å². The molecule has 2 aromatic carbocycles. The summed E-state index contributed by atoms with van der Waals surface area (Å²) in [5.41, 5.74) is 2.26. The number of fused-ring (bicyclic) bond motifs is 1. The van der Waals surface area contributed by atoms with Crippen LogP contribution in [-0.2, 0) is 13.0 Å². The van der Waals surface area contributed by atoms with Crippen LogP contribution in [0.4, 0.5) is 0 Å². The van der Waals surface area contributed by atoms with Gasteiger partial charge in [0.1, 0.15) is 18.2 Å². The van der Waals surface area contributed by atoms with Gasteiger partial charge in [0, 0.05) is 11.4 Å². The van der Waals surface area contributed by atoms with E-state index in [1.807, 2.05) is 24.3 Å². The van der Waals surface area contributed by atoms with Crippen LogP contribution in [0.5, 0.6) is 5.75 Å². The van der Waals surface area contributed by atoms with Crippen molar-refractivity contribution < 1.29 is 4.74 Å². The molecule has 0 N–H and O–H groups in total. The molecule has 154 valence electrons. The number of aryl methyl sites for hydroxylation is 1. The van der Waals surface area contributed by atoms with Crippen LogP contribution in [-0.4, -0.2) is 40.7 Å². The van der Waals surface area contributed by atoms with E-state index < -0.39 is 0 Å². The molecule has 5 heteroatoms. The maximum Gasteiger partial charge on any atom is 0.119 e. The Balaban J connectivity index is 1.39. The van der Waals surface area contributed by atoms with Crippen LogP contribution in [0.2, 0.25) is 5.02 Å². The van der Waals surface area contributed by atoms with E-state index in [1.165, 1.54) is 56.7 Å². The Labute approximate surface area is 178 Å². The molecule has 0 atom stereocenters. The van der Waals surface area contributed by atoms with Gasteiger partial charge in [0.05, 0.1) is 17.6 Å². The maximum atomic E-state index is 5.96. The van der Waals surface area contributed by atoms with E-state index in [1.54, 1.807) is 0 Å². The summed E-state index contributed by atoms with van der Waals surface area (Å²) in [6.07, 6.45) is 7.63. The van der Waals surface area contributed by atoms with Gasteiger partial charge >= 0.3 is 0 Å². The van der Waals surface area contributed by atoms with Crippen molar-refractivity contribution in [1.82, 2.24) is 14.5 Å². The zero-order valence-electron chi connectivity index (χ0n) is 17.0. The van der Waals surface area contributed by atoms with Crippen LogP contribution in [0.1, 0.15) is 37.9 Å². The average Bonchev–Trinajstić information content (AvgIpc) is 2.89. The minimum absolute atomic E-state index is 0.612. The van der Waals surface area contributed by atoms with Crippen molar-refractivity contribution >= 4 is 22.6 Å². The Morgan fingerprint density at radius 2 is 1.66 bits per heavy atom. The van der Waals surface area contributed by atoms with Gasteiger partial charge in [-0.05, 0) is 75.3 Å². The number of hydrogen-bond acceptors (Lipinski definition) is 3. The second-order valence-electron chi connectivity index (χ2n) is 7.83. The van der Waals surface area contributed by atoms with Crippen LogP contribution in [0, 0.1) is 0 Å². The highest BCUT2D eigenvalue weighted by Crippen LogP contribution is 2.19. The first-order valence-electron chi connectivity index (χ1n) is 10.8. The predicted octanol–water partition coefficient (Wildman–Crippen LogP) is 5.58. The minimum Gasteiger partial charge on any atom is -0.492 e. The number of benzene rings is 2. The Bertz CT molecular complexity index is 898. The predicted molar refractivity (Wildman–Crippen MR) is 120 cm³/mol. The molecule has 0 amide bonds. The summed E-state index contributed by atoms with van der Waals surface area (Å²) in [6.45, 7) is 5.09. The molecule has 4 nitrogen and oxygen atoms in total. The van der Waals surface area contributed by atoms with Crippen LogP contribution in [0.3, 0.4) is 0 Å². The quantitative estimate of drug-likeness (QED) is 0.484. The first kappa shape index (κ1) is 20.2. The van der Waals surface area contributed by atoms with Gasteiger partial charge in [0.15, 0.2) is 0 Å². The lowest BCUT2D eigenvalue weighted by Crippen LogP contribution is -2.26. The number of hydrogen-bond donors (Lipinski definition) is 0. The summed E-state index contributed by atoms with van der Waals surface area (Å²) in [5, 5.41) is 0.727. The van der Waals surface area contributed by atoms with Gasteiger partial charge < -0.3 is 14.2 Å². The number of rotatable bonds is 8. The van der Waals surface area contributed by atoms with Gasteiger partial charge in [-0.2, -0.15) is 0 Å². The normalized spacial score (nSPS) is 15.5. The molecule has 0 bridgehead atoms. The standard InChI is InChI=1S/C24H30ClN3O/c25-20-11-13-21(14-12-20)29-19-18-28-23-9-4-3-8-22(23)26-24(28)10-7-17-27-15-5-1-2-6-16-27/h3-4,8-9,11-14H,1-2,5-7,10,15-19H2. The fraction of sp³-hybridized carbons (Fsp3) is 0.458. The molecule has 0 radical (unpaired) electrons. The van der Waals surface area contributed by atoms with Crippen molar-refractivity contribution in [3.05, 3.63) is 59.4 Å². The van der Waals surface area contributed by atoms with Crippen molar-refractivity contribution in [3.8, 4) is 5.75 Å². The number of ether oxygens (including phenoxy) is 1. The summed E-state index contributed by atoms with van der Waals surface area (Å²) < 4.78 is 8.26. The molecule has 0 saturated carbocycles. The molecule has 29 heavy (non-hydrogen) atoms. The molecule has 2 heterocycles. The SMILES string of the molecule is Clc1ccc(OCCn2c(CCCN3CCCCCC3)nc3ccccc32)cc1. The molecule has 1 aliphatic heterocycles. The molecular weight excluding hydrogens is 382 g/mol. The zero-order valence-corrected chi connectivity index (χ0v) is 17.8. The van der Waals surface area contributed by atoms with Gasteiger partial charge in [0.25, 0.3) is 0 Å². The van der Waals surface area contributed by atoms with Crippen LogP contribution >= 0.6 is 11.6 Å². The molecule has 4 rings (SSSR count). The Kier molecular flexibility index (Phi) is 7.07. The van der Waals surface area contributed by atoms with Gasteiger partial charge in [-0.15, -0.1) is 0 Å². The van der Waals surface area contributed by atoms with E-state index in [0.717, 1.165) is 35.7 Å². The molecule has 0 spiro atoms. The van der Waals surface area contributed by atoms with Crippen molar-refractivity contribution in [3.63, 3.8) is 0 Å². The Morgan fingerprint density at radius 3 is 2.45 bits per heavy atom. The smallest absolute Gasteiger partial charge is 0.119 e. The molecule has 1 fully saturated rings. The number of para-hydroxylation sites is 2.